The summed E-state index contributed by atoms with van der Waals surface area (Å²) in [4.78, 5) is 3.63. The molecule has 25 heavy (non-hydrogen) atoms. The molecule has 0 amide bonds. The van der Waals surface area contributed by atoms with E-state index in [9.17, 15) is 21.6 Å². The molecule has 0 bridgehead atoms. The molecular formula is C14H11Cl2F3N2O2S2. The molecule has 0 atom stereocenters. The molecule has 0 radical (unpaired) electrons. The summed E-state index contributed by atoms with van der Waals surface area (Å²) in [6.45, 7) is 0.685. The fraction of sp³-hybridized carbons (Fsp3) is 0.357. The van der Waals surface area contributed by atoms with Crippen LogP contribution in [0, 0.1) is 0 Å². The SMILES string of the molecule is O=S(=O)(c1cnc2cc(C(F)(F)F)c(Cl)cc2c1Cl)N1CCSCC1. The van der Waals surface area contributed by atoms with Crippen molar-refractivity contribution in [2.45, 2.75) is 11.1 Å². The Kier molecular flexibility index (Phi) is 5.15. The van der Waals surface area contributed by atoms with Crippen LogP contribution in [0.1, 0.15) is 5.56 Å². The number of thioether (sulfide) groups is 1. The monoisotopic (exact) mass is 430 g/mol. The van der Waals surface area contributed by atoms with Crippen LogP contribution in [-0.2, 0) is 16.2 Å². The largest absolute Gasteiger partial charge is 0.417 e. The van der Waals surface area contributed by atoms with Crippen LogP contribution in [-0.4, -0.2) is 42.3 Å². The fourth-order valence-corrected chi connectivity index (χ4v) is 5.85. The Bertz CT molecular complexity index is 930. The summed E-state index contributed by atoms with van der Waals surface area (Å²) in [6.07, 6.45) is -3.65. The summed E-state index contributed by atoms with van der Waals surface area (Å²) in [5, 5.41) is -0.682. The molecule has 0 N–H and O–H groups in total. The topological polar surface area (TPSA) is 50.3 Å². The fourth-order valence-electron chi connectivity index (χ4n) is 2.49. The molecule has 1 aromatic heterocycles. The van der Waals surface area contributed by atoms with Crippen molar-refractivity contribution < 1.29 is 21.6 Å². The van der Waals surface area contributed by atoms with Crippen LogP contribution in [0.15, 0.2) is 23.2 Å². The molecule has 0 saturated carbocycles. The molecule has 3 rings (SSSR count). The van der Waals surface area contributed by atoms with Crippen molar-refractivity contribution in [2.24, 2.45) is 0 Å². The summed E-state index contributed by atoms with van der Waals surface area (Å²) < 4.78 is 65.6. The third-order valence-corrected chi connectivity index (χ3v) is 7.44. The van der Waals surface area contributed by atoms with Gasteiger partial charge in [0.1, 0.15) is 4.90 Å². The summed E-state index contributed by atoms with van der Waals surface area (Å²) >= 11 is 13.5. The highest BCUT2D eigenvalue weighted by atomic mass is 35.5. The van der Waals surface area contributed by atoms with Gasteiger partial charge in [0, 0.05) is 36.2 Å². The molecule has 136 valence electrons. The zero-order valence-electron chi connectivity index (χ0n) is 12.5. The summed E-state index contributed by atoms with van der Waals surface area (Å²) in [5.41, 5.74) is -1.12. The predicted octanol–water partition coefficient (Wildman–Crippen LogP) is 4.30. The van der Waals surface area contributed by atoms with E-state index in [1.54, 1.807) is 11.8 Å². The molecule has 4 nitrogen and oxygen atoms in total. The highest BCUT2D eigenvalue weighted by molar-refractivity contribution is 7.99. The van der Waals surface area contributed by atoms with Crippen molar-refractivity contribution in [2.75, 3.05) is 24.6 Å². The van der Waals surface area contributed by atoms with Crippen LogP contribution < -0.4 is 0 Å². The Morgan fingerprint density at radius 1 is 1.16 bits per heavy atom. The van der Waals surface area contributed by atoms with Gasteiger partial charge in [0.15, 0.2) is 0 Å². The van der Waals surface area contributed by atoms with E-state index in [2.05, 4.69) is 4.98 Å². The molecule has 1 aliphatic heterocycles. The molecule has 1 aliphatic rings. The van der Waals surface area contributed by atoms with Crippen LogP contribution >= 0.6 is 35.0 Å². The van der Waals surface area contributed by atoms with Gasteiger partial charge in [-0.1, -0.05) is 23.2 Å². The van der Waals surface area contributed by atoms with Gasteiger partial charge in [0.2, 0.25) is 10.0 Å². The highest BCUT2D eigenvalue weighted by Crippen LogP contribution is 2.39. The van der Waals surface area contributed by atoms with E-state index < -0.39 is 26.8 Å². The maximum Gasteiger partial charge on any atom is 0.417 e. The smallest absolute Gasteiger partial charge is 0.255 e. The minimum atomic E-state index is -4.64. The number of benzene rings is 1. The molecule has 1 saturated heterocycles. The lowest BCUT2D eigenvalue weighted by Crippen LogP contribution is -2.38. The number of halogens is 5. The number of pyridine rings is 1. The number of hydrogen-bond donors (Lipinski definition) is 0. The average molecular weight is 431 g/mol. The van der Waals surface area contributed by atoms with E-state index in [1.165, 1.54) is 4.31 Å². The van der Waals surface area contributed by atoms with Gasteiger partial charge in [0.05, 0.1) is 21.1 Å². The molecule has 0 unspecified atom stereocenters. The minimum absolute atomic E-state index is 0.0622. The first-order valence-corrected chi connectivity index (χ1v) is 10.4. The average Bonchev–Trinajstić information content (AvgIpc) is 2.55. The van der Waals surface area contributed by atoms with E-state index in [-0.39, 0.29) is 20.8 Å². The first-order valence-electron chi connectivity index (χ1n) is 7.05. The van der Waals surface area contributed by atoms with Gasteiger partial charge < -0.3 is 0 Å². The predicted molar refractivity (Wildman–Crippen MR) is 92.8 cm³/mol. The Balaban J connectivity index is 2.14. The Morgan fingerprint density at radius 3 is 2.40 bits per heavy atom. The number of rotatable bonds is 2. The Morgan fingerprint density at radius 2 is 1.80 bits per heavy atom. The number of hydrogen-bond acceptors (Lipinski definition) is 4. The maximum absolute atomic E-state index is 12.9. The van der Waals surface area contributed by atoms with Crippen molar-refractivity contribution >= 4 is 55.9 Å². The van der Waals surface area contributed by atoms with Crippen LogP contribution in [0.25, 0.3) is 10.9 Å². The van der Waals surface area contributed by atoms with E-state index in [4.69, 9.17) is 23.2 Å². The minimum Gasteiger partial charge on any atom is -0.255 e. The third-order valence-electron chi connectivity index (χ3n) is 3.75. The second-order valence-electron chi connectivity index (χ2n) is 5.30. The van der Waals surface area contributed by atoms with Gasteiger partial charge in [-0.15, -0.1) is 0 Å². The molecule has 2 heterocycles. The lowest BCUT2D eigenvalue weighted by molar-refractivity contribution is -0.137. The van der Waals surface area contributed by atoms with E-state index >= 15 is 0 Å². The molecule has 0 aliphatic carbocycles. The highest BCUT2D eigenvalue weighted by Gasteiger charge is 2.35. The number of fused-ring (bicyclic) bond motifs is 1. The van der Waals surface area contributed by atoms with Gasteiger partial charge in [-0.3, -0.25) is 4.98 Å². The van der Waals surface area contributed by atoms with Crippen LogP contribution in [0.3, 0.4) is 0 Å². The third kappa shape index (κ3) is 3.57. The zero-order chi connectivity index (χ0) is 18.4. The lowest BCUT2D eigenvalue weighted by atomic mass is 10.1. The normalized spacial score (nSPS) is 17.2. The number of sulfonamides is 1. The van der Waals surface area contributed by atoms with E-state index in [1.807, 2.05) is 0 Å². The number of nitrogens with zero attached hydrogens (tertiary/aromatic N) is 2. The van der Waals surface area contributed by atoms with Crippen LogP contribution in [0.4, 0.5) is 13.2 Å². The van der Waals surface area contributed by atoms with Gasteiger partial charge in [-0.25, -0.2) is 8.42 Å². The molecular weight excluding hydrogens is 420 g/mol. The maximum atomic E-state index is 12.9. The second kappa shape index (κ2) is 6.77. The first-order chi connectivity index (χ1) is 11.6. The van der Waals surface area contributed by atoms with Crippen molar-refractivity contribution in [1.29, 1.82) is 0 Å². The summed E-state index contributed by atoms with van der Waals surface area (Å²) in [5.74, 6) is 1.33. The van der Waals surface area contributed by atoms with E-state index in [0.717, 1.165) is 18.3 Å². The van der Waals surface area contributed by atoms with Crippen molar-refractivity contribution in [3.63, 3.8) is 0 Å². The van der Waals surface area contributed by atoms with Gasteiger partial charge in [0.25, 0.3) is 0 Å². The first kappa shape index (κ1) is 19.0. The van der Waals surface area contributed by atoms with Gasteiger partial charge in [-0.05, 0) is 12.1 Å². The summed E-state index contributed by atoms with van der Waals surface area (Å²) in [6, 6.07) is 1.76. The van der Waals surface area contributed by atoms with Crippen LogP contribution in [0.5, 0.6) is 0 Å². The Hall–Kier alpha value is -0.740. The Labute approximate surface area is 156 Å². The van der Waals surface area contributed by atoms with Crippen LogP contribution in [0.2, 0.25) is 10.0 Å². The molecule has 1 aromatic carbocycles. The second-order valence-corrected chi connectivity index (χ2v) is 9.22. The van der Waals surface area contributed by atoms with E-state index in [0.29, 0.717) is 24.6 Å². The quantitative estimate of drug-likeness (QED) is 0.712. The van der Waals surface area contributed by atoms with Crippen molar-refractivity contribution in [3.05, 3.63) is 33.9 Å². The standard InChI is InChI=1S/C14H11Cl2F3N2O2S2/c15-10-5-8-11(6-9(10)14(17,18)19)20-7-12(13(8)16)25(22,23)21-1-3-24-4-2-21/h5-7H,1-4H2. The molecule has 1 fully saturated rings. The van der Waals surface area contributed by atoms with Crippen molar-refractivity contribution in [1.82, 2.24) is 9.29 Å². The lowest BCUT2D eigenvalue weighted by Gasteiger charge is -2.26. The molecule has 2 aromatic rings. The van der Waals surface area contributed by atoms with Gasteiger partial charge >= 0.3 is 6.18 Å². The van der Waals surface area contributed by atoms with Gasteiger partial charge in [-0.2, -0.15) is 29.2 Å². The van der Waals surface area contributed by atoms with Crippen molar-refractivity contribution in [3.8, 4) is 0 Å². The molecule has 0 spiro atoms. The summed E-state index contributed by atoms with van der Waals surface area (Å²) in [7, 11) is -3.88. The zero-order valence-corrected chi connectivity index (χ0v) is 15.6. The number of aromatic nitrogens is 1. The number of alkyl halides is 3. The molecule has 11 heteroatoms.